The smallest absolute Gasteiger partial charge is 0.433 e. The lowest BCUT2D eigenvalue weighted by atomic mass is 10.1. The number of nitrogens with two attached hydrogens (primary N) is 1. The van der Waals surface area contributed by atoms with Gasteiger partial charge in [-0.15, -0.1) is 0 Å². The second-order valence-electron chi connectivity index (χ2n) is 3.60. The maximum Gasteiger partial charge on any atom is 0.433 e. The van der Waals surface area contributed by atoms with E-state index in [1.54, 1.807) is 0 Å². The predicted molar refractivity (Wildman–Crippen MR) is 57.7 cm³/mol. The second kappa shape index (κ2) is 4.01. The zero-order chi connectivity index (χ0) is 13.5. The molecule has 0 bridgehead atoms. The van der Waals surface area contributed by atoms with E-state index < -0.39 is 17.7 Å². The van der Waals surface area contributed by atoms with Crippen LogP contribution in [0.2, 0.25) is 0 Å². The minimum absolute atomic E-state index is 0.101. The summed E-state index contributed by atoms with van der Waals surface area (Å²) in [7, 11) is 1.25. The molecule has 2 aromatic rings. The molecule has 0 saturated heterocycles. The summed E-state index contributed by atoms with van der Waals surface area (Å²) in [5.41, 5.74) is 4.05. The summed E-state index contributed by atoms with van der Waals surface area (Å²) >= 11 is 0. The van der Waals surface area contributed by atoms with Gasteiger partial charge in [-0.25, -0.2) is 9.37 Å². The number of ether oxygens (including phenoxy) is 1. The minimum Gasteiger partial charge on any atom is -0.494 e. The fourth-order valence-corrected chi connectivity index (χ4v) is 1.56. The van der Waals surface area contributed by atoms with Crippen molar-refractivity contribution in [2.24, 2.45) is 0 Å². The van der Waals surface area contributed by atoms with Crippen molar-refractivity contribution >= 4 is 16.6 Å². The first-order chi connectivity index (χ1) is 8.32. The van der Waals surface area contributed by atoms with Gasteiger partial charge in [0.2, 0.25) is 0 Å². The lowest BCUT2D eigenvalue weighted by Crippen LogP contribution is -2.09. The number of nitrogen functional groups attached to an aromatic ring is 1. The Balaban J connectivity index is 2.74. The summed E-state index contributed by atoms with van der Waals surface area (Å²) < 4.78 is 55.6. The molecule has 96 valence electrons. The summed E-state index contributed by atoms with van der Waals surface area (Å²) in [5, 5.41) is 0.209. The van der Waals surface area contributed by atoms with Crippen molar-refractivity contribution < 1.29 is 22.3 Å². The van der Waals surface area contributed by atoms with Gasteiger partial charge >= 0.3 is 6.18 Å². The first-order valence-corrected chi connectivity index (χ1v) is 4.84. The summed E-state index contributed by atoms with van der Waals surface area (Å²) in [6.07, 6.45) is -4.63. The number of pyridine rings is 1. The molecule has 0 atom stereocenters. The number of alkyl halides is 3. The maximum absolute atomic E-state index is 13.4. The van der Waals surface area contributed by atoms with Crippen molar-refractivity contribution in [3.05, 3.63) is 29.7 Å². The van der Waals surface area contributed by atoms with Crippen LogP contribution in [-0.2, 0) is 6.18 Å². The Bertz CT molecular complexity index is 610. The molecule has 0 aliphatic rings. The average molecular weight is 260 g/mol. The number of rotatable bonds is 1. The highest BCUT2D eigenvalue weighted by molar-refractivity contribution is 5.91. The molecule has 0 saturated carbocycles. The van der Waals surface area contributed by atoms with Crippen molar-refractivity contribution in [2.75, 3.05) is 12.8 Å². The Morgan fingerprint density at radius 2 is 1.89 bits per heavy atom. The van der Waals surface area contributed by atoms with Crippen molar-refractivity contribution in [3.63, 3.8) is 0 Å². The van der Waals surface area contributed by atoms with Crippen LogP contribution < -0.4 is 10.5 Å². The van der Waals surface area contributed by atoms with Crippen LogP contribution in [-0.4, -0.2) is 12.1 Å². The number of anilines is 1. The normalized spacial score (nSPS) is 11.8. The molecular weight excluding hydrogens is 252 g/mol. The van der Waals surface area contributed by atoms with Crippen LogP contribution in [0.25, 0.3) is 10.9 Å². The number of hydrogen-bond acceptors (Lipinski definition) is 3. The van der Waals surface area contributed by atoms with Crippen LogP contribution in [0.15, 0.2) is 18.2 Å². The van der Waals surface area contributed by atoms with E-state index in [2.05, 4.69) is 4.98 Å². The first-order valence-electron chi connectivity index (χ1n) is 4.84. The molecule has 0 fully saturated rings. The predicted octanol–water partition coefficient (Wildman–Crippen LogP) is 2.98. The first kappa shape index (κ1) is 12.4. The van der Waals surface area contributed by atoms with Gasteiger partial charge in [0.25, 0.3) is 0 Å². The largest absolute Gasteiger partial charge is 0.494 e. The Labute approximate surface area is 99.2 Å². The number of nitrogens with zero attached hydrogens (tertiary/aromatic N) is 1. The quantitative estimate of drug-likeness (QED) is 0.802. The lowest BCUT2D eigenvalue weighted by Gasteiger charge is -2.10. The molecule has 7 heteroatoms. The molecule has 0 aliphatic carbocycles. The van der Waals surface area contributed by atoms with Gasteiger partial charge < -0.3 is 10.5 Å². The number of hydrogen-bond donors (Lipinski definition) is 1. The number of aromatic nitrogens is 1. The third-order valence-electron chi connectivity index (χ3n) is 2.40. The Morgan fingerprint density at radius 3 is 2.44 bits per heavy atom. The van der Waals surface area contributed by atoms with E-state index in [1.807, 2.05) is 0 Å². The molecule has 18 heavy (non-hydrogen) atoms. The molecule has 1 aromatic carbocycles. The highest BCUT2D eigenvalue weighted by atomic mass is 19.4. The van der Waals surface area contributed by atoms with Crippen LogP contribution in [0.4, 0.5) is 23.2 Å². The van der Waals surface area contributed by atoms with Crippen molar-refractivity contribution in [2.45, 2.75) is 6.18 Å². The van der Waals surface area contributed by atoms with Crippen molar-refractivity contribution in [3.8, 4) is 5.75 Å². The summed E-state index contributed by atoms with van der Waals surface area (Å²) in [4.78, 5) is 3.34. The molecule has 3 nitrogen and oxygen atoms in total. The van der Waals surface area contributed by atoms with Gasteiger partial charge in [0, 0.05) is 17.1 Å². The Kier molecular flexibility index (Phi) is 2.76. The number of fused-ring (bicyclic) bond motifs is 1. The Morgan fingerprint density at radius 1 is 1.22 bits per heavy atom. The molecule has 0 amide bonds. The van der Waals surface area contributed by atoms with Gasteiger partial charge in [0.05, 0.1) is 12.6 Å². The highest BCUT2D eigenvalue weighted by Crippen LogP contribution is 2.33. The van der Waals surface area contributed by atoms with E-state index in [9.17, 15) is 17.6 Å². The maximum atomic E-state index is 13.4. The van der Waals surface area contributed by atoms with Crippen molar-refractivity contribution in [1.82, 2.24) is 4.98 Å². The monoisotopic (exact) mass is 260 g/mol. The van der Waals surface area contributed by atoms with E-state index >= 15 is 0 Å². The van der Waals surface area contributed by atoms with E-state index in [4.69, 9.17) is 10.5 Å². The van der Waals surface area contributed by atoms with Crippen LogP contribution in [0.3, 0.4) is 0 Å². The third-order valence-corrected chi connectivity index (χ3v) is 2.40. The molecule has 0 unspecified atom stereocenters. The fraction of sp³-hybridized carbons (Fsp3) is 0.182. The second-order valence-corrected chi connectivity index (χ2v) is 3.60. The Hall–Kier alpha value is -2.05. The van der Waals surface area contributed by atoms with Gasteiger partial charge in [-0.2, -0.15) is 13.2 Å². The average Bonchev–Trinajstić information content (AvgIpc) is 2.26. The van der Waals surface area contributed by atoms with Gasteiger partial charge in [-0.05, 0) is 12.1 Å². The zero-order valence-corrected chi connectivity index (χ0v) is 9.18. The third kappa shape index (κ3) is 2.03. The molecule has 2 N–H and O–H groups in total. The summed E-state index contributed by atoms with van der Waals surface area (Å²) in [5.74, 6) is -0.896. The fourth-order valence-electron chi connectivity index (χ4n) is 1.56. The zero-order valence-electron chi connectivity index (χ0n) is 9.18. The van der Waals surface area contributed by atoms with Crippen LogP contribution in [0.5, 0.6) is 5.75 Å². The molecular formula is C11H8F4N2O. The minimum atomic E-state index is -4.63. The standard InChI is InChI=1S/C11H8F4N2O/c1-18-9-2-5-7(16)4-10(11(13,14)15)17-8(5)3-6(9)12/h2-4H,1H3,(H2,16,17). The molecule has 1 heterocycles. The summed E-state index contributed by atoms with van der Waals surface area (Å²) in [6.45, 7) is 0. The van der Waals surface area contributed by atoms with E-state index in [0.717, 1.165) is 6.07 Å². The van der Waals surface area contributed by atoms with Crippen molar-refractivity contribution in [1.29, 1.82) is 0 Å². The SMILES string of the molecule is COc1cc2c(N)cc(C(F)(F)F)nc2cc1F. The highest BCUT2D eigenvalue weighted by Gasteiger charge is 2.33. The molecule has 0 aliphatic heterocycles. The molecule has 0 spiro atoms. The van der Waals surface area contributed by atoms with Gasteiger partial charge in [0.15, 0.2) is 11.6 Å². The van der Waals surface area contributed by atoms with E-state index in [1.165, 1.54) is 13.2 Å². The van der Waals surface area contributed by atoms with E-state index in [0.29, 0.717) is 6.07 Å². The van der Waals surface area contributed by atoms with Crippen LogP contribution >= 0.6 is 0 Å². The lowest BCUT2D eigenvalue weighted by molar-refractivity contribution is -0.140. The van der Waals surface area contributed by atoms with Crippen LogP contribution in [0, 0.1) is 5.82 Å². The van der Waals surface area contributed by atoms with Gasteiger partial charge in [0.1, 0.15) is 5.69 Å². The molecule has 1 aromatic heterocycles. The molecule has 2 rings (SSSR count). The van der Waals surface area contributed by atoms with Gasteiger partial charge in [-0.1, -0.05) is 0 Å². The van der Waals surface area contributed by atoms with E-state index in [-0.39, 0.29) is 22.3 Å². The topological polar surface area (TPSA) is 48.1 Å². The van der Waals surface area contributed by atoms with Crippen LogP contribution in [0.1, 0.15) is 5.69 Å². The summed E-state index contributed by atoms with van der Waals surface area (Å²) in [6, 6.07) is 2.78. The number of methoxy groups -OCH3 is 1. The number of halogens is 4. The van der Waals surface area contributed by atoms with Gasteiger partial charge in [-0.3, -0.25) is 0 Å². The molecule has 0 radical (unpaired) electrons. The number of benzene rings is 1.